The summed E-state index contributed by atoms with van der Waals surface area (Å²) in [5.74, 6) is -0.511. The highest BCUT2D eigenvalue weighted by Gasteiger charge is 2.33. The number of hydrogen-bond acceptors (Lipinski definition) is 2. The highest BCUT2D eigenvalue weighted by molar-refractivity contribution is 14.1. The summed E-state index contributed by atoms with van der Waals surface area (Å²) < 4.78 is 91.4. The van der Waals surface area contributed by atoms with Gasteiger partial charge in [-0.15, -0.1) is 26.3 Å². The lowest BCUT2D eigenvalue weighted by Gasteiger charge is -2.18. The lowest BCUT2D eigenvalue weighted by molar-refractivity contribution is -0.275. The van der Waals surface area contributed by atoms with Crippen LogP contribution in [0, 0.1) is 28.6 Å². The van der Waals surface area contributed by atoms with Crippen LogP contribution < -0.4 is 9.47 Å². The van der Waals surface area contributed by atoms with Gasteiger partial charge in [-0.1, -0.05) is 24.3 Å². The van der Waals surface area contributed by atoms with E-state index in [1.165, 1.54) is 24.3 Å². The van der Waals surface area contributed by atoms with Gasteiger partial charge < -0.3 is 9.47 Å². The van der Waals surface area contributed by atoms with Crippen molar-refractivity contribution >= 4 is 181 Å². The van der Waals surface area contributed by atoms with Gasteiger partial charge in [-0.05, 0) is 234 Å². The van der Waals surface area contributed by atoms with E-state index in [1.54, 1.807) is 0 Å². The van der Waals surface area contributed by atoms with Gasteiger partial charge in [-0.2, -0.15) is 0 Å². The van der Waals surface area contributed by atoms with Crippen molar-refractivity contribution in [2.24, 2.45) is 0 Å². The first-order valence-electron chi connectivity index (χ1n) is 11.3. The molecule has 0 bridgehead atoms. The van der Waals surface area contributed by atoms with Crippen molar-refractivity contribution in [3.05, 3.63) is 88.2 Å². The summed E-state index contributed by atoms with van der Waals surface area (Å²) >= 11 is 17.3. The molecule has 0 aliphatic rings. The SMILES string of the molecule is FC(F)(F)Oc1cc(I)c(-c2ccc(Cc3ccc(-c4c(I)cc(OC(F)(F)F)cc4I)c(I)c3I)c(I)c2I)c(I)c1. The lowest BCUT2D eigenvalue weighted by Crippen LogP contribution is -2.17. The van der Waals surface area contributed by atoms with E-state index in [0.29, 0.717) is 20.7 Å². The zero-order valence-electron chi connectivity index (χ0n) is 20.4. The fourth-order valence-corrected chi connectivity index (χ4v) is 11.5. The van der Waals surface area contributed by atoms with Crippen molar-refractivity contribution in [1.82, 2.24) is 0 Å². The van der Waals surface area contributed by atoms with Crippen LogP contribution in [0.3, 0.4) is 0 Å². The summed E-state index contributed by atoms with van der Waals surface area (Å²) in [4.78, 5) is 0. The molecule has 0 unspecified atom stereocenters. The van der Waals surface area contributed by atoms with Gasteiger partial charge in [-0.3, -0.25) is 0 Å². The molecule has 16 heteroatoms. The summed E-state index contributed by atoms with van der Waals surface area (Å²) in [5.41, 5.74) is 5.71. The third-order valence-corrected chi connectivity index (χ3v) is 15.9. The standard InChI is InChI=1S/C27H10F6I8O2/c28-26(29,30)42-12-6-16(34)20(17(35)7-12)14-3-1-10(22(38)24(14)40)5-11-2-4-15(25(41)23(11)39)21-18(36)8-13(9-19(21)37)43-27(31,32)33/h1-4,6-9H,5H2. The number of hydrogen-bond donors (Lipinski definition) is 0. The van der Waals surface area contributed by atoms with Crippen molar-refractivity contribution in [2.45, 2.75) is 19.1 Å². The molecule has 0 saturated carbocycles. The van der Waals surface area contributed by atoms with E-state index >= 15 is 0 Å². The van der Waals surface area contributed by atoms with Crippen LogP contribution in [0.4, 0.5) is 26.3 Å². The maximum absolute atomic E-state index is 12.8. The molecule has 4 aromatic carbocycles. The van der Waals surface area contributed by atoms with Crippen LogP contribution in [0.5, 0.6) is 11.5 Å². The molecule has 0 spiro atoms. The monoisotopic (exact) mass is 1500 g/mol. The van der Waals surface area contributed by atoms with Crippen molar-refractivity contribution in [3.63, 3.8) is 0 Å². The average molecular weight is 1500 g/mol. The molecule has 0 aliphatic heterocycles. The summed E-state index contributed by atoms with van der Waals surface area (Å²) in [5, 5.41) is 0. The molecule has 43 heavy (non-hydrogen) atoms. The Labute approximate surface area is 351 Å². The molecule has 2 nitrogen and oxygen atoms in total. The first kappa shape index (κ1) is 37.7. The molecule has 0 saturated heterocycles. The predicted molar refractivity (Wildman–Crippen MR) is 222 cm³/mol. The van der Waals surface area contributed by atoms with Crippen molar-refractivity contribution in [2.75, 3.05) is 0 Å². The minimum absolute atomic E-state index is 0.256. The predicted octanol–water partition coefficient (Wildman–Crippen LogP) is 13.2. The van der Waals surface area contributed by atoms with E-state index in [-0.39, 0.29) is 11.5 Å². The maximum Gasteiger partial charge on any atom is 0.573 e. The molecule has 0 fully saturated rings. The molecule has 0 radical (unpaired) electrons. The number of halogens is 14. The first-order chi connectivity index (χ1) is 19.9. The first-order valence-corrected chi connectivity index (χ1v) is 19.9. The third kappa shape index (κ3) is 9.54. The van der Waals surface area contributed by atoms with Gasteiger partial charge >= 0.3 is 12.7 Å². The Morgan fingerprint density at radius 3 is 1.05 bits per heavy atom. The molecular formula is C27H10F6I8O2. The zero-order valence-corrected chi connectivity index (χ0v) is 37.7. The number of alkyl halides is 6. The van der Waals surface area contributed by atoms with Crippen molar-refractivity contribution in [3.8, 4) is 33.8 Å². The molecule has 0 atom stereocenters. The van der Waals surface area contributed by atoms with Crippen LogP contribution in [-0.2, 0) is 6.42 Å². The maximum atomic E-state index is 12.8. The Bertz CT molecular complexity index is 1550. The van der Waals surface area contributed by atoms with Gasteiger partial charge in [0, 0.05) is 39.7 Å². The van der Waals surface area contributed by atoms with E-state index in [0.717, 1.165) is 47.7 Å². The van der Waals surface area contributed by atoms with Gasteiger partial charge in [-0.25, -0.2) is 0 Å². The van der Waals surface area contributed by atoms with E-state index in [9.17, 15) is 26.3 Å². The Morgan fingerprint density at radius 1 is 0.465 bits per heavy atom. The second-order valence-electron chi connectivity index (χ2n) is 8.60. The fraction of sp³-hybridized carbons (Fsp3) is 0.111. The Hall–Kier alpha value is 1.90. The minimum Gasteiger partial charge on any atom is -0.406 e. The second kappa shape index (κ2) is 15.2. The fourth-order valence-electron chi connectivity index (χ4n) is 4.04. The van der Waals surface area contributed by atoms with E-state index in [1.807, 2.05) is 115 Å². The molecule has 0 heterocycles. The van der Waals surface area contributed by atoms with Gasteiger partial charge in [0.05, 0.1) is 0 Å². The second-order valence-corrected chi connectivity index (χ2v) is 17.6. The number of ether oxygens (including phenoxy) is 2. The molecular weight excluding hydrogens is 1490 g/mol. The Morgan fingerprint density at radius 2 is 0.767 bits per heavy atom. The summed E-state index contributed by atoms with van der Waals surface area (Å²) in [6.45, 7) is 0. The zero-order chi connectivity index (χ0) is 32.0. The topological polar surface area (TPSA) is 18.5 Å². The molecule has 0 N–H and O–H groups in total. The Balaban J connectivity index is 1.66. The van der Waals surface area contributed by atoms with Crippen molar-refractivity contribution in [1.29, 1.82) is 0 Å². The van der Waals surface area contributed by atoms with E-state index in [4.69, 9.17) is 0 Å². The van der Waals surface area contributed by atoms with Gasteiger partial charge in [0.15, 0.2) is 0 Å². The largest absolute Gasteiger partial charge is 0.573 e. The van der Waals surface area contributed by atoms with Crippen LogP contribution >= 0.6 is 181 Å². The van der Waals surface area contributed by atoms with Gasteiger partial charge in [0.1, 0.15) is 11.5 Å². The lowest BCUT2D eigenvalue weighted by atomic mass is 9.98. The molecule has 4 rings (SSSR count). The summed E-state index contributed by atoms with van der Waals surface area (Å²) in [6.07, 6.45) is -8.89. The average Bonchev–Trinajstić information content (AvgIpc) is 2.84. The molecule has 0 amide bonds. The van der Waals surface area contributed by atoms with Gasteiger partial charge in [0.25, 0.3) is 0 Å². The minimum atomic E-state index is -4.76. The van der Waals surface area contributed by atoms with Crippen LogP contribution in [0.2, 0.25) is 0 Å². The van der Waals surface area contributed by atoms with Crippen LogP contribution in [0.25, 0.3) is 22.3 Å². The van der Waals surface area contributed by atoms with E-state index < -0.39 is 12.7 Å². The van der Waals surface area contributed by atoms with Gasteiger partial charge in [0.2, 0.25) is 0 Å². The summed E-state index contributed by atoms with van der Waals surface area (Å²) in [7, 11) is 0. The van der Waals surface area contributed by atoms with Crippen molar-refractivity contribution < 1.29 is 35.8 Å². The van der Waals surface area contributed by atoms with Crippen LogP contribution in [0.1, 0.15) is 11.1 Å². The van der Waals surface area contributed by atoms with Crippen LogP contribution in [0.15, 0.2) is 48.5 Å². The van der Waals surface area contributed by atoms with Crippen LogP contribution in [-0.4, -0.2) is 12.7 Å². The smallest absolute Gasteiger partial charge is 0.406 e. The highest BCUT2D eigenvalue weighted by atomic mass is 127. The molecule has 4 aromatic rings. The number of benzene rings is 4. The Kier molecular flexibility index (Phi) is 13.3. The quantitative estimate of drug-likeness (QED) is 0.141. The molecule has 0 aromatic heterocycles. The van der Waals surface area contributed by atoms with E-state index in [2.05, 4.69) is 99.8 Å². The summed E-state index contributed by atoms with van der Waals surface area (Å²) in [6, 6.07) is 13.6. The highest BCUT2D eigenvalue weighted by Crippen LogP contribution is 2.42. The molecule has 228 valence electrons. The molecule has 0 aliphatic carbocycles. The third-order valence-electron chi connectivity index (χ3n) is 5.74. The number of rotatable bonds is 6. The normalized spacial score (nSPS) is 12.0.